The molecule has 0 aliphatic heterocycles. The number of anilines is 1. The number of nitrogens with zero attached hydrogens (tertiary/aromatic N) is 3. The van der Waals surface area contributed by atoms with Gasteiger partial charge < -0.3 is 4.90 Å². The Hall–Kier alpha value is -1.53. The molecule has 1 aliphatic rings. The molecule has 1 saturated carbocycles. The highest BCUT2D eigenvalue weighted by Gasteiger charge is 2.31. The lowest BCUT2D eigenvalue weighted by atomic mass is 9.84. The lowest BCUT2D eigenvalue weighted by Gasteiger charge is -2.31. The highest BCUT2D eigenvalue weighted by atomic mass is 32.1. The van der Waals surface area contributed by atoms with Gasteiger partial charge in [-0.25, -0.2) is 9.37 Å². The summed E-state index contributed by atoms with van der Waals surface area (Å²) in [4.78, 5) is 21.6. The van der Waals surface area contributed by atoms with Crippen LogP contribution in [0.1, 0.15) is 33.1 Å². The van der Waals surface area contributed by atoms with E-state index in [9.17, 15) is 9.18 Å². The molecule has 1 amide bonds. The van der Waals surface area contributed by atoms with Gasteiger partial charge in [-0.2, -0.15) is 0 Å². The minimum Gasteiger partial charge on any atom is -0.302 e. The van der Waals surface area contributed by atoms with Gasteiger partial charge in [0, 0.05) is 19.0 Å². The number of hydrogen-bond acceptors (Lipinski definition) is 4. The molecular weight excluding hydrogens is 325 g/mol. The summed E-state index contributed by atoms with van der Waals surface area (Å²) in [6.07, 6.45) is 3.08. The Morgan fingerprint density at radius 3 is 2.67 bits per heavy atom. The fraction of sp³-hybridized carbons (Fsp3) is 0.556. The molecule has 0 bridgehead atoms. The van der Waals surface area contributed by atoms with Crippen LogP contribution >= 0.6 is 11.3 Å². The molecule has 24 heavy (non-hydrogen) atoms. The van der Waals surface area contributed by atoms with Crippen LogP contribution in [0.15, 0.2) is 18.2 Å². The molecule has 6 heteroatoms. The highest BCUT2D eigenvalue weighted by Crippen LogP contribution is 2.34. The van der Waals surface area contributed by atoms with E-state index in [0.29, 0.717) is 11.7 Å². The summed E-state index contributed by atoms with van der Waals surface area (Å²) >= 11 is 1.40. The lowest BCUT2D eigenvalue weighted by molar-refractivity contribution is -0.124. The number of halogens is 1. The highest BCUT2D eigenvalue weighted by molar-refractivity contribution is 7.22. The summed E-state index contributed by atoms with van der Waals surface area (Å²) in [5.74, 6) is 0.0381. The Balaban J connectivity index is 1.85. The van der Waals surface area contributed by atoms with Gasteiger partial charge in [0.2, 0.25) is 5.91 Å². The van der Waals surface area contributed by atoms with Crippen molar-refractivity contribution in [3.05, 3.63) is 24.0 Å². The maximum Gasteiger partial charge on any atom is 0.231 e. The first-order chi connectivity index (χ1) is 11.6. The van der Waals surface area contributed by atoms with Crippen molar-refractivity contribution >= 4 is 32.6 Å². The number of hydrogen-bond donors (Lipinski definition) is 0. The van der Waals surface area contributed by atoms with E-state index >= 15 is 0 Å². The SMILES string of the molecule is CCN(CC)CCN(C(=O)C1CCC1)c1nc2ccc(F)cc2s1. The molecule has 0 spiro atoms. The van der Waals surface area contributed by atoms with Crippen LogP contribution in [0.3, 0.4) is 0 Å². The molecule has 1 aliphatic carbocycles. The molecule has 0 saturated heterocycles. The average molecular weight is 349 g/mol. The van der Waals surface area contributed by atoms with E-state index < -0.39 is 0 Å². The zero-order chi connectivity index (χ0) is 17.1. The van der Waals surface area contributed by atoms with Crippen LogP contribution in [0.2, 0.25) is 0 Å². The van der Waals surface area contributed by atoms with E-state index in [1.165, 1.54) is 23.5 Å². The Morgan fingerprint density at radius 1 is 1.29 bits per heavy atom. The number of carbonyl (C=O) groups is 1. The summed E-state index contributed by atoms with van der Waals surface area (Å²) in [7, 11) is 0. The fourth-order valence-corrected chi connectivity index (χ4v) is 3.98. The van der Waals surface area contributed by atoms with E-state index in [1.807, 2.05) is 4.90 Å². The van der Waals surface area contributed by atoms with Crippen LogP contribution in [0.25, 0.3) is 10.2 Å². The molecule has 2 aromatic rings. The molecule has 0 unspecified atom stereocenters. The molecule has 1 aromatic carbocycles. The molecular formula is C18H24FN3OS. The van der Waals surface area contributed by atoms with Crippen molar-refractivity contribution in [2.24, 2.45) is 5.92 Å². The predicted octanol–water partition coefficient (Wildman–Crippen LogP) is 3.91. The van der Waals surface area contributed by atoms with Crippen molar-refractivity contribution in [3.8, 4) is 0 Å². The van der Waals surface area contributed by atoms with Crippen LogP contribution in [0.5, 0.6) is 0 Å². The zero-order valence-corrected chi connectivity index (χ0v) is 15.1. The molecule has 1 fully saturated rings. The Morgan fingerprint density at radius 2 is 2.04 bits per heavy atom. The maximum atomic E-state index is 13.4. The number of aromatic nitrogens is 1. The largest absolute Gasteiger partial charge is 0.302 e. The first-order valence-corrected chi connectivity index (χ1v) is 9.53. The molecule has 4 nitrogen and oxygen atoms in total. The Labute approximate surface area is 146 Å². The minimum absolute atomic E-state index is 0.130. The molecule has 1 heterocycles. The van der Waals surface area contributed by atoms with Crippen LogP contribution in [0, 0.1) is 11.7 Å². The number of likely N-dealkylation sites (N-methyl/N-ethyl adjacent to an activating group) is 1. The summed E-state index contributed by atoms with van der Waals surface area (Å²) < 4.78 is 14.2. The Bertz CT molecular complexity index is 709. The summed E-state index contributed by atoms with van der Waals surface area (Å²) in [6.45, 7) is 7.65. The van der Waals surface area contributed by atoms with Crippen molar-refractivity contribution < 1.29 is 9.18 Å². The second-order valence-electron chi connectivity index (χ2n) is 6.25. The predicted molar refractivity (Wildman–Crippen MR) is 97.1 cm³/mol. The van der Waals surface area contributed by atoms with Crippen LogP contribution in [-0.2, 0) is 4.79 Å². The van der Waals surface area contributed by atoms with E-state index in [-0.39, 0.29) is 17.6 Å². The summed E-state index contributed by atoms with van der Waals surface area (Å²) in [5.41, 5.74) is 0.755. The number of benzene rings is 1. The zero-order valence-electron chi connectivity index (χ0n) is 14.3. The van der Waals surface area contributed by atoms with Gasteiger partial charge in [-0.1, -0.05) is 31.6 Å². The van der Waals surface area contributed by atoms with Crippen molar-refractivity contribution in [2.75, 3.05) is 31.1 Å². The molecule has 130 valence electrons. The van der Waals surface area contributed by atoms with Crippen LogP contribution < -0.4 is 4.90 Å². The lowest BCUT2D eigenvalue weighted by Crippen LogP contribution is -2.43. The second-order valence-corrected chi connectivity index (χ2v) is 7.26. The number of rotatable bonds is 7. The molecule has 3 rings (SSSR count). The Kier molecular flexibility index (Phi) is 5.46. The van der Waals surface area contributed by atoms with E-state index in [4.69, 9.17) is 0 Å². The van der Waals surface area contributed by atoms with E-state index in [1.54, 1.807) is 6.07 Å². The van der Waals surface area contributed by atoms with Crippen molar-refractivity contribution in [2.45, 2.75) is 33.1 Å². The quantitative estimate of drug-likeness (QED) is 0.760. The number of carbonyl (C=O) groups excluding carboxylic acids is 1. The smallest absolute Gasteiger partial charge is 0.231 e. The summed E-state index contributed by atoms with van der Waals surface area (Å²) in [5, 5.41) is 0.694. The van der Waals surface area contributed by atoms with Crippen LogP contribution in [-0.4, -0.2) is 42.0 Å². The van der Waals surface area contributed by atoms with Gasteiger partial charge in [0.05, 0.1) is 10.2 Å². The van der Waals surface area contributed by atoms with Gasteiger partial charge in [-0.15, -0.1) is 0 Å². The van der Waals surface area contributed by atoms with Crippen molar-refractivity contribution in [1.29, 1.82) is 0 Å². The fourth-order valence-electron chi connectivity index (χ4n) is 2.96. The first kappa shape index (κ1) is 17.3. The van der Waals surface area contributed by atoms with E-state index in [2.05, 4.69) is 23.7 Å². The van der Waals surface area contributed by atoms with Gasteiger partial charge in [0.25, 0.3) is 0 Å². The molecule has 0 N–H and O–H groups in total. The number of fused-ring (bicyclic) bond motifs is 1. The first-order valence-electron chi connectivity index (χ1n) is 8.72. The third kappa shape index (κ3) is 3.59. The molecule has 0 atom stereocenters. The molecule has 1 aromatic heterocycles. The maximum absolute atomic E-state index is 13.4. The number of amides is 1. The van der Waals surface area contributed by atoms with Gasteiger partial charge in [0.1, 0.15) is 5.82 Å². The second kappa shape index (κ2) is 7.57. The van der Waals surface area contributed by atoms with Crippen molar-refractivity contribution in [3.63, 3.8) is 0 Å². The molecule has 0 radical (unpaired) electrons. The van der Waals surface area contributed by atoms with Gasteiger partial charge >= 0.3 is 0 Å². The topological polar surface area (TPSA) is 36.4 Å². The minimum atomic E-state index is -0.266. The van der Waals surface area contributed by atoms with Gasteiger partial charge in [-0.05, 0) is 44.1 Å². The standard InChI is InChI=1S/C18H24FN3OS/c1-3-21(4-2)10-11-22(17(23)13-6-5-7-13)18-20-15-9-8-14(19)12-16(15)24-18/h8-9,12-13H,3-7,10-11H2,1-2H3. The van der Waals surface area contributed by atoms with E-state index in [0.717, 1.165) is 49.1 Å². The van der Waals surface area contributed by atoms with Gasteiger partial charge in [-0.3, -0.25) is 9.69 Å². The van der Waals surface area contributed by atoms with Gasteiger partial charge in [0.15, 0.2) is 5.13 Å². The summed E-state index contributed by atoms with van der Waals surface area (Å²) in [6, 6.07) is 4.59. The monoisotopic (exact) mass is 349 g/mol. The van der Waals surface area contributed by atoms with Crippen molar-refractivity contribution in [1.82, 2.24) is 9.88 Å². The third-order valence-electron chi connectivity index (χ3n) is 4.82. The number of thiazole rings is 1. The average Bonchev–Trinajstić information content (AvgIpc) is 2.92. The normalized spacial score (nSPS) is 15.0. The van der Waals surface area contributed by atoms with Crippen LogP contribution in [0.4, 0.5) is 9.52 Å². The third-order valence-corrected chi connectivity index (χ3v) is 5.87.